The number of carbonyl (C=O) groups excluding carboxylic acids is 2. The van der Waals surface area contributed by atoms with Gasteiger partial charge in [0.1, 0.15) is 5.75 Å². The predicted molar refractivity (Wildman–Crippen MR) is 117 cm³/mol. The third kappa shape index (κ3) is 4.98. The first-order valence-corrected chi connectivity index (χ1v) is 9.79. The van der Waals surface area contributed by atoms with Crippen LogP contribution >= 0.6 is 38.5 Å². The molecular formula is C19H13BrIN3O4. The van der Waals surface area contributed by atoms with Crippen LogP contribution < -0.4 is 10.7 Å². The molecule has 3 rings (SSSR count). The first-order valence-electron chi connectivity index (χ1n) is 7.91. The number of amides is 2. The lowest BCUT2D eigenvalue weighted by atomic mass is 10.1. The Balaban J connectivity index is 1.73. The lowest BCUT2D eigenvalue weighted by molar-refractivity contribution is 0.0956. The third-order valence-electron chi connectivity index (χ3n) is 3.58. The standard InChI is InChI=1S/C19H13BrIN3O4/c20-17-8-7-16(28-17)19(27)23-14-4-2-1-3-13(14)18(26)24-22-10-11-9-12(21)5-6-15(11)25/h1-10,25H,(H,23,27)(H,24,26). The number of anilines is 1. The first-order chi connectivity index (χ1) is 13.4. The van der Waals surface area contributed by atoms with Crippen molar-refractivity contribution in [2.75, 3.05) is 5.32 Å². The van der Waals surface area contributed by atoms with Gasteiger partial charge >= 0.3 is 0 Å². The number of carbonyl (C=O) groups is 2. The summed E-state index contributed by atoms with van der Waals surface area (Å²) in [5, 5.41) is 16.3. The lowest BCUT2D eigenvalue weighted by Crippen LogP contribution is -2.21. The largest absolute Gasteiger partial charge is 0.507 e. The fraction of sp³-hybridized carbons (Fsp3) is 0. The second kappa shape index (κ2) is 9.02. The number of phenols is 1. The van der Waals surface area contributed by atoms with Gasteiger partial charge in [0.25, 0.3) is 11.8 Å². The highest BCUT2D eigenvalue weighted by Crippen LogP contribution is 2.20. The van der Waals surface area contributed by atoms with Crippen LogP contribution in [0.1, 0.15) is 26.5 Å². The highest BCUT2D eigenvalue weighted by molar-refractivity contribution is 14.1. The summed E-state index contributed by atoms with van der Waals surface area (Å²) in [4.78, 5) is 24.7. The number of para-hydroxylation sites is 1. The van der Waals surface area contributed by atoms with E-state index in [0.29, 0.717) is 15.9 Å². The van der Waals surface area contributed by atoms with E-state index >= 15 is 0 Å². The number of rotatable bonds is 5. The van der Waals surface area contributed by atoms with E-state index in [1.54, 1.807) is 48.5 Å². The van der Waals surface area contributed by atoms with Crippen LogP contribution in [-0.2, 0) is 0 Å². The Hall–Kier alpha value is -2.66. The number of aromatic hydroxyl groups is 1. The number of nitrogens with zero attached hydrogens (tertiary/aromatic N) is 1. The van der Waals surface area contributed by atoms with E-state index in [1.165, 1.54) is 12.3 Å². The van der Waals surface area contributed by atoms with E-state index in [-0.39, 0.29) is 17.1 Å². The van der Waals surface area contributed by atoms with Crippen molar-refractivity contribution in [3.05, 3.63) is 79.7 Å². The summed E-state index contributed by atoms with van der Waals surface area (Å²) in [5.74, 6) is -0.846. The molecule has 0 radical (unpaired) electrons. The van der Waals surface area contributed by atoms with Crippen molar-refractivity contribution >= 4 is 62.2 Å². The van der Waals surface area contributed by atoms with Gasteiger partial charge in [0, 0.05) is 9.13 Å². The molecule has 2 aromatic carbocycles. The summed E-state index contributed by atoms with van der Waals surface area (Å²) in [6, 6.07) is 14.6. The van der Waals surface area contributed by atoms with Gasteiger partial charge in [-0.3, -0.25) is 9.59 Å². The van der Waals surface area contributed by atoms with Crippen LogP contribution in [0.4, 0.5) is 5.69 Å². The Bertz CT molecular complexity index is 1060. The summed E-state index contributed by atoms with van der Waals surface area (Å²) in [6.45, 7) is 0. The Morgan fingerprint density at radius 1 is 1.11 bits per heavy atom. The van der Waals surface area contributed by atoms with Gasteiger partial charge < -0.3 is 14.8 Å². The molecule has 3 aromatic rings. The van der Waals surface area contributed by atoms with Crippen molar-refractivity contribution in [3.63, 3.8) is 0 Å². The summed E-state index contributed by atoms with van der Waals surface area (Å²) in [5.41, 5.74) is 3.39. The normalized spacial score (nSPS) is 10.8. The van der Waals surface area contributed by atoms with Crippen LogP contribution in [0.2, 0.25) is 0 Å². The Morgan fingerprint density at radius 2 is 1.89 bits per heavy atom. The van der Waals surface area contributed by atoms with E-state index in [9.17, 15) is 14.7 Å². The van der Waals surface area contributed by atoms with Gasteiger partial charge in [-0.05, 0) is 81.0 Å². The smallest absolute Gasteiger partial charge is 0.291 e. The second-order valence-electron chi connectivity index (χ2n) is 5.51. The number of benzene rings is 2. The van der Waals surface area contributed by atoms with Gasteiger partial charge in [0.15, 0.2) is 10.4 Å². The minimum Gasteiger partial charge on any atom is -0.507 e. The molecule has 28 heavy (non-hydrogen) atoms. The van der Waals surface area contributed by atoms with E-state index in [1.807, 2.05) is 0 Å². The zero-order chi connectivity index (χ0) is 20.1. The quantitative estimate of drug-likeness (QED) is 0.248. The highest BCUT2D eigenvalue weighted by Gasteiger charge is 2.16. The minimum atomic E-state index is -0.516. The van der Waals surface area contributed by atoms with Gasteiger partial charge in [-0.2, -0.15) is 5.10 Å². The zero-order valence-electron chi connectivity index (χ0n) is 14.1. The number of phenolic OH excluding ortho intramolecular Hbond substituents is 1. The number of hydrazone groups is 1. The molecule has 7 nitrogen and oxygen atoms in total. The average Bonchev–Trinajstić information content (AvgIpc) is 3.11. The van der Waals surface area contributed by atoms with Crippen molar-refractivity contribution in [1.82, 2.24) is 5.43 Å². The molecule has 0 aliphatic rings. The second-order valence-corrected chi connectivity index (χ2v) is 7.53. The van der Waals surface area contributed by atoms with Crippen LogP contribution in [-0.4, -0.2) is 23.1 Å². The van der Waals surface area contributed by atoms with Crippen LogP contribution in [0.5, 0.6) is 5.75 Å². The number of halogens is 2. The summed E-state index contributed by atoms with van der Waals surface area (Å²) in [7, 11) is 0. The molecule has 142 valence electrons. The number of furan rings is 1. The van der Waals surface area contributed by atoms with E-state index in [0.717, 1.165) is 3.57 Å². The molecule has 9 heteroatoms. The molecule has 0 aliphatic heterocycles. The van der Waals surface area contributed by atoms with Crippen molar-refractivity contribution in [3.8, 4) is 5.75 Å². The van der Waals surface area contributed by atoms with Gasteiger partial charge in [-0.25, -0.2) is 5.43 Å². The molecule has 0 saturated heterocycles. The summed E-state index contributed by atoms with van der Waals surface area (Å²) >= 11 is 5.24. The molecule has 0 saturated carbocycles. The number of hydrogen-bond acceptors (Lipinski definition) is 5. The van der Waals surface area contributed by atoms with Gasteiger partial charge in [0.05, 0.1) is 17.5 Å². The van der Waals surface area contributed by atoms with Crippen LogP contribution in [0, 0.1) is 3.57 Å². The van der Waals surface area contributed by atoms with Crippen molar-refractivity contribution in [2.24, 2.45) is 5.10 Å². The van der Waals surface area contributed by atoms with Gasteiger partial charge in [-0.1, -0.05) is 12.1 Å². The first kappa shape index (κ1) is 20.1. The van der Waals surface area contributed by atoms with Gasteiger partial charge in [0.2, 0.25) is 0 Å². The molecule has 1 heterocycles. The molecule has 1 aromatic heterocycles. The van der Waals surface area contributed by atoms with Gasteiger partial charge in [-0.15, -0.1) is 0 Å². The number of nitrogens with one attached hydrogen (secondary N) is 2. The average molecular weight is 554 g/mol. The molecule has 0 unspecified atom stereocenters. The molecule has 3 N–H and O–H groups in total. The Labute approximate surface area is 182 Å². The highest BCUT2D eigenvalue weighted by atomic mass is 127. The van der Waals surface area contributed by atoms with Crippen molar-refractivity contribution < 1.29 is 19.1 Å². The fourth-order valence-electron chi connectivity index (χ4n) is 2.26. The molecule has 0 fully saturated rings. The molecule has 2 amide bonds. The molecule has 0 spiro atoms. The molecule has 0 atom stereocenters. The SMILES string of the molecule is O=C(Nc1ccccc1C(=O)NN=Cc1cc(I)ccc1O)c1ccc(Br)o1. The number of hydrogen-bond donors (Lipinski definition) is 3. The van der Waals surface area contributed by atoms with Crippen molar-refractivity contribution in [2.45, 2.75) is 0 Å². The molecule has 0 aliphatic carbocycles. The van der Waals surface area contributed by atoms with E-state index < -0.39 is 11.8 Å². The van der Waals surface area contributed by atoms with E-state index in [2.05, 4.69) is 54.4 Å². The Kier molecular flexibility index (Phi) is 6.47. The topological polar surface area (TPSA) is 104 Å². The van der Waals surface area contributed by atoms with Crippen molar-refractivity contribution in [1.29, 1.82) is 0 Å². The van der Waals surface area contributed by atoms with Crippen LogP contribution in [0.3, 0.4) is 0 Å². The maximum atomic E-state index is 12.5. The fourth-order valence-corrected chi connectivity index (χ4v) is 3.08. The maximum absolute atomic E-state index is 12.5. The third-order valence-corrected chi connectivity index (χ3v) is 4.67. The maximum Gasteiger partial charge on any atom is 0.291 e. The zero-order valence-corrected chi connectivity index (χ0v) is 17.9. The summed E-state index contributed by atoms with van der Waals surface area (Å²) in [6.07, 6.45) is 1.34. The lowest BCUT2D eigenvalue weighted by Gasteiger charge is -2.09. The van der Waals surface area contributed by atoms with E-state index in [4.69, 9.17) is 4.42 Å². The van der Waals surface area contributed by atoms with Crippen LogP contribution in [0.25, 0.3) is 0 Å². The Morgan fingerprint density at radius 3 is 2.64 bits per heavy atom. The monoisotopic (exact) mass is 553 g/mol. The summed E-state index contributed by atoms with van der Waals surface area (Å²) < 4.78 is 6.55. The predicted octanol–water partition coefficient (Wildman–Crippen LogP) is 4.37. The minimum absolute atomic E-state index is 0.0516. The molecule has 0 bridgehead atoms. The van der Waals surface area contributed by atoms with Crippen LogP contribution in [0.15, 0.2) is 68.8 Å². The molecular weight excluding hydrogens is 541 g/mol.